The van der Waals surface area contributed by atoms with Crippen molar-refractivity contribution in [3.8, 4) is 0 Å². The quantitative estimate of drug-likeness (QED) is 0.324. The Labute approximate surface area is 60.7 Å². The van der Waals surface area contributed by atoms with Gasteiger partial charge in [0, 0.05) is 0 Å². The van der Waals surface area contributed by atoms with Gasteiger partial charge in [-0.25, -0.2) is 0 Å². The fraction of sp³-hybridized carbons (Fsp3) is 0. The van der Waals surface area contributed by atoms with Crippen LogP contribution in [0, 0.1) is 0 Å². The molecule has 0 atom stereocenters. The van der Waals surface area contributed by atoms with Crippen molar-refractivity contribution in [2.24, 2.45) is 0 Å². The van der Waals surface area contributed by atoms with Crippen LogP contribution in [0.1, 0.15) is 0 Å². The van der Waals surface area contributed by atoms with Gasteiger partial charge in [0.15, 0.2) is 0 Å². The Morgan fingerprint density at radius 1 is 1.14 bits per heavy atom. The Balaban J connectivity index is -0.0000000800. The molecule has 42 valence electrons. The van der Waals surface area contributed by atoms with E-state index in [0.29, 0.717) is 0 Å². The van der Waals surface area contributed by atoms with Gasteiger partial charge in [-0.15, -0.1) is 0 Å². The predicted octanol–water partition coefficient (Wildman–Crippen LogP) is -3.21. The molecule has 0 aromatic rings. The topological polar surface area (TPSA) is 86.2 Å². The third-order valence-electron chi connectivity index (χ3n) is 0. The second-order valence-corrected chi connectivity index (χ2v) is 1.34. The van der Waals surface area contributed by atoms with Crippen LogP contribution in [0.25, 0.3) is 0 Å². The van der Waals surface area contributed by atoms with Gasteiger partial charge in [-0.05, 0) is 0 Å². The molecule has 0 aliphatic carbocycles. The van der Waals surface area contributed by atoms with E-state index >= 15 is 0 Å². The summed E-state index contributed by atoms with van der Waals surface area (Å²) < 4.78 is 8.55. The largest absolute Gasteiger partial charge is 4.00 e. The Morgan fingerprint density at radius 2 is 1.14 bits per heavy atom. The predicted molar refractivity (Wildman–Crippen MR) is 13.4 cm³/mol. The van der Waals surface area contributed by atoms with E-state index in [1.54, 1.807) is 0 Å². The van der Waals surface area contributed by atoms with Gasteiger partial charge in [-0.3, -0.25) is 0 Å². The van der Waals surface area contributed by atoms with E-state index in [2.05, 4.69) is 0 Å². The van der Waals surface area contributed by atoms with Gasteiger partial charge in [0.1, 0.15) is 0 Å². The normalized spacial score (nSPS) is 8.43. The van der Waals surface area contributed by atoms with Crippen molar-refractivity contribution in [2.75, 3.05) is 0 Å². The maximum absolute atomic E-state index is 8.55. The molecule has 0 unspecified atom stereocenters. The molecule has 0 aliphatic heterocycles. The minimum Gasteiger partial charge on any atom is -0.822 e. The number of rotatable bonds is 0. The fourth-order valence-electron chi connectivity index (χ4n) is 0. The molecule has 0 bridgehead atoms. The molecule has 0 radical (unpaired) electrons. The van der Waals surface area contributed by atoms with Gasteiger partial charge in [0.05, 0.1) is 0 Å². The van der Waals surface area contributed by atoms with Gasteiger partial charge in [0.25, 0.3) is 0 Å². The van der Waals surface area contributed by atoms with Crippen molar-refractivity contribution < 1.29 is 41.6 Å². The molecule has 0 heterocycles. The van der Waals surface area contributed by atoms with Gasteiger partial charge in [-0.1, -0.05) is 0 Å². The SMILES string of the molecule is O=P([O-])([O-])[O-].[Ag+].[Si+4]. The third kappa shape index (κ3) is 159. The molecule has 0 aromatic heterocycles. The molecular weight excluding hydrogens is 231 g/mol. The smallest absolute Gasteiger partial charge is 0.822 e. The summed E-state index contributed by atoms with van der Waals surface area (Å²) in [6, 6.07) is 0. The summed E-state index contributed by atoms with van der Waals surface area (Å²) in [5.41, 5.74) is 0. The molecule has 7 heteroatoms. The molecule has 0 spiro atoms. The molecule has 4 nitrogen and oxygen atoms in total. The van der Waals surface area contributed by atoms with Crippen molar-refractivity contribution >= 4 is 18.8 Å². The minimum atomic E-state index is -5.39. The minimum absolute atomic E-state index is 0. The zero-order valence-corrected chi connectivity index (χ0v) is 6.26. The summed E-state index contributed by atoms with van der Waals surface area (Å²) in [7, 11) is -5.39. The summed E-state index contributed by atoms with van der Waals surface area (Å²) in [6.45, 7) is 0. The number of hydrogen-bond acceptors (Lipinski definition) is 4. The molecule has 0 aliphatic rings. The zero-order chi connectivity index (χ0) is 4.50. The summed E-state index contributed by atoms with van der Waals surface area (Å²) in [5.74, 6) is 0. The summed E-state index contributed by atoms with van der Waals surface area (Å²) in [6.07, 6.45) is 0. The first-order valence-corrected chi connectivity index (χ1v) is 2.19. The van der Waals surface area contributed by atoms with Gasteiger partial charge < -0.3 is 19.2 Å². The van der Waals surface area contributed by atoms with Crippen molar-refractivity contribution in [1.82, 2.24) is 0 Å². The first-order chi connectivity index (χ1) is 2.00. The summed E-state index contributed by atoms with van der Waals surface area (Å²) in [4.78, 5) is 25.6. The van der Waals surface area contributed by atoms with Crippen LogP contribution < -0.4 is 14.7 Å². The van der Waals surface area contributed by atoms with E-state index in [-0.39, 0.29) is 33.3 Å². The van der Waals surface area contributed by atoms with Crippen LogP contribution in [0.4, 0.5) is 0 Å². The van der Waals surface area contributed by atoms with E-state index in [1.165, 1.54) is 0 Å². The molecule has 7 heavy (non-hydrogen) atoms. The zero-order valence-electron chi connectivity index (χ0n) is 2.88. The van der Waals surface area contributed by atoms with Crippen molar-refractivity contribution in [2.45, 2.75) is 0 Å². The van der Waals surface area contributed by atoms with E-state index in [0.717, 1.165) is 0 Å². The Bertz CT molecular complexity index is 57.8. The Hall–Kier alpha value is 1.07. The van der Waals surface area contributed by atoms with Crippen LogP contribution in [-0.2, 0) is 26.9 Å². The average molecular weight is 231 g/mol. The van der Waals surface area contributed by atoms with E-state index in [9.17, 15) is 0 Å². The fourth-order valence-corrected chi connectivity index (χ4v) is 0. The molecule has 0 fully saturated rings. The van der Waals surface area contributed by atoms with Crippen LogP contribution in [0.2, 0.25) is 0 Å². The Kier molecular flexibility index (Phi) is 11.7. The maximum Gasteiger partial charge on any atom is 4.00 e. The van der Waals surface area contributed by atoms with Crippen molar-refractivity contribution in [3.63, 3.8) is 0 Å². The summed E-state index contributed by atoms with van der Waals surface area (Å²) >= 11 is 0. The van der Waals surface area contributed by atoms with E-state index < -0.39 is 7.82 Å². The van der Waals surface area contributed by atoms with Gasteiger partial charge in [-0.2, -0.15) is 7.82 Å². The van der Waals surface area contributed by atoms with Crippen molar-refractivity contribution in [1.29, 1.82) is 0 Å². The maximum atomic E-state index is 8.55. The molecule has 0 aromatic carbocycles. The van der Waals surface area contributed by atoms with Crippen LogP contribution >= 0.6 is 7.82 Å². The summed E-state index contributed by atoms with van der Waals surface area (Å²) in [5, 5.41) is 0. The molecule has 0 amide bonds. The van der Waals surface area contributed by atoms with Crippen molar-refractivity contribution in [3.05, 3.63) is 0 Å². The third-order valence-corrected chi connectivity index (χ3v) is 0. The molecule has 0 saturated heterocycles. The number of hydrogen-bond donors (Lipinski definition) is 0. The molecular formula is AgO4PSi+2. The first-order valence-electron chi connectivity index (χ1n) is 0.730. The average Bonchev–Trinajstić information content (AvgIpc) is 0.722. The van der Waals surface area contributed by atoms with Gasteiger partial charge >= 0.3 is 33.3 Å². The molecule has 0 saturated carbocycles. The van der Waals surface area contributed by atoms with Crippen LogP contribution in [0.15, 0.2) is 0 Å². The monoisotopic (exact) mass is 230 g/mol. The number of phosphoric acid groups is 1. The Morgan fingerprint density at radius 3 is 1.14 bits per heavy atom. The second kappa shape index (κ2) is 5.21. The van der Waals surface area contributed by atoms with Gasteiger partial charge in [0.2, 0.25) is 0 Å². The van der Waals surface area contributed by atoms with E-state index in [1.807, 2.05) is 0 Å². The van der Waals surface area contributed by atoms with Crippen LogP contribution in [0.5, 0.6) is 0 Å². The second-order valence-electron chi connectivity index (χ2n) is 0.447. The molecule has 0 rings (SSSR count). The first kappa shape index (κ1) is 15.7. The van der Waals surface area contributed by atoms with Crippen LogP contribution in [-0.4, -0.2) is 11.0 Å². The molecule has 0 N–H and O–H groups in total. The van der Waals surface area contributed by atoms with E-state index in [4.69, 9.17) is 19.2 Å². The standard InChI is InChI=1S/Ag.H3O4P.Si/c;1-5(2,3)4;/h;(H3,1,2,3,4);/q+1;;+4/p-3. The van der Waals surface area contributed by atoms with Crippen LogP contribution in [0.3, 0.4) is 0 Å².